The van der Waals surface area contributed by atoms with Crippen molar-refractivity contribution in [3.63, 3.8) is 0 Å². The van der Waals surface area contributed by atoms with Crippen molar-refractivity contribution in [3.8, 4) is 0 Å². The quantitative estimate of drug-likeness (QED) is 0.810. The number of aromatic nitrogens is 2. The molecule has 136 valence electrons. The molecule has 1 fully saturated rings. The molecule has 2 heterocycles. The number of hydrogen-bond acceptors (Lipinski definition) is 5. The molecule has 1 saturated heterocycles. The molecule has 1 aromatic heterocycles. The highest BCUT2D eigenvalue weighted by Crippen LogP contribution is 2.16. The number of nitrogens with zero attached hydrogens (tertiary/aromatic N) is 3. The zero-order valence-corrected chi connectivity index (χ0v) is 15.3. The minimum absolute atomic E-state index is 0.0659. The Labute approximate surface area is 155 Å². The first kappa shape index (κ1) is 18.2. The Kier molecular flexibility index (Phi) is 5.72. The molecule has 0 saturated carbocycles. The van der Waals surface area contributed by atoms with Crippen LogP contribution in [0.3, 0.4) is 0 Å². The van der Waals surface area contributed by atoms with Gasteiger partial charge in [-0.1, -0.05) is 12.1 Å². The first-order chi connectivity index (χ1) is 12.6. The van der Waals surface area contributed by atoms with E-state index in [0.717, 1.165) is 5.56 Å². The summed E-state index contributed by atoms with van der Waals surface area (Å²) in [5.74, 6) is -0.169. The van der Waals surface area contributed by atoms with Gasteiger partial charge in [0.1, 0.15) is 5.69 Å². The molecular formula is C18H20N4O3S. The Bertz CT molecular complexity index is 822. The Morgan fingerprint density at radius 1 is 1.04 bits per heavy atom. The van der Waals surface area contributed by atoms with Gasteiger partial charge in [-0.2, -0.15) is 5.10 Å². The van der Waals surface area contributed by atoms with E-state index in [1.807, 2.05) is 30.5 Å². The lowest BCUT2D eigenvalue weighted by atomic mass is 10.1. The van der Waals surface area contributed by atoms with Gasteiger partial charge >= 0.3 is 0 Å². The summed E-state index contributed by atoms with van der Waals surface area (Å²) in [6.07, 6.45) is 2.38. The molecule has 8 heteroatoms. The van der Waals surface area contributed by atoms with Crippen LogP contribution in [0.5, 0.6) is 0 Å². The van der Waals surface area contributed by atoms with E-state index in [4.69, 9.17) is 0 Å². The van der Waals surface area contributed by atoms with E-state index in [0.29, 0.717) is 32.6 Å². The minimum atomic E-state index is -0.345. The third kappa shape index (κ3) is 4.32. The molecule has 0 aliphatic carbocycles. The van der Waals surface area contributed by atoms with Gasteiger partial charge in [0.05, 0.1) is 6.42 Å². The number of hydrogen-bond donors (Lipinski definition) is 1. The first-order valence-corrected chi connectivity index (χ1v) is 9.55. The SMILES string of the molecule is CSc1ccc(CC(=O)N2CCN(C(=O)c3ccc(=O)[nH]n3)CC2)cc1. The fraction of sp³-hybridized carbons (Fsp3) is 0.333. The van der Waals surface area contributed by atoms with Crippen molar-refractivity contribution in [2.75, 3.05) is 32.4 Å². The van der Waals surface area contributed by atoms with E-state index in [1.165, 1.54) is 17.0 Å². The average Bonchev–Trinajstić information content (AvgIpc) is 2.69. The highest BCUT2D eigenvalue weighted by atomic mass is 32.2. The van der Waals surface area contributed by atoms with Crippen LogP contribution in [0.4, 0.5) is 0 Å². The van der Waals surface area contributed by atoms with Crippen molar-refractivity contribution >= 4 is 23.6 Å². The molecule has 1 N–H and O–H groups in total. The van der Waals surface area contributed by atoms with Gasteiger partial charge in [0.2, 0.25) is 5.91 Å². The van der Waals surface area contributed by atoms with Crippen molar-refractivity contribution in [2.24, 2.45) is 0 Å². The van der Waals surface area contributed by atoms with Gasteiger partial charge in [-0.3, -0.25) is 14.4 Å². The summed E-state index contributed by atoms with van der Waals surface area (Å²) >= 11 is 1.67. The van der Waals surface area contributed by atoms with Gasteiger partial charge in [-0.15, -0.1) is 11.8 Å². The van der Waals surface area contributed by atoms with Crippen LogP contribution in [0, 0.1) is 0 Å². The van der Waals surface area contributed by atoms with E-state index in [1.54, 1.807) is 21.6 Å². The second-order valence-electron chi connectivity index (χ2n) is 6.00. The molecule has 1 aliphatic rings. The van der Waals surface area contributed by atoms with Crippen molar-refractivity contribution in [3.05, 3.63) is 58.0 Å². The maximum absolute atomic E-state index is 12.5. The molecule has 3 rings (SSSR count). The molecule has 26 heavy (non-hydrogen) atoms. The Morgan fingerprint density at radius 3 is 2.27 bits per heavy atom. The molecule has 7 nitrogen and oxygen atoms in total. The summed E-state index contributed by atoms with van der Waals surface area (Å²) in [5, 5.41) is 6.03. The second-order valence-corrected chi connectivity index (χ2v) is 6.88. The average molecular weight is 372 g/mol. The predicted octanol–water partition coefficient (Wildman–Crippen LogP) is 1.02. The first-order valence-electron chi connectivity index (χ1n) is 8.32. The standard InChI is InChI=1S/C18H20N4O3S/c1-26-14-4-2-13(3-5-14)12-17(24)21-8-10-22(11-9-21)18(25)15-6-7-16(23)20-19-15/h2-7H,8-12H2,1H3,(H,20,23). The molecule has 0 unspecified atom stereocenters. The lowest BCUT2D eigenvalue weighted by Crippen LogP contribution is -2.51. The number of aromatic amines is 1. The van der Waals surface area contributed by atoms with E-state index in [9.17, 15) is 14.4 Å². The largest absolute Gasteiger partial charge is 0.339 e. The lowest BCUT2D eigenvalue weighted by molar-refractivity contribution is -0.131. The van der Waals surface area contributed by atoms with Gasteiger partial charge in [0.25, 0.3) is 11.5 Å². The van der Waals surface area contributed by atoms with Crippen molar-refractivity contribution in [2.45, 2.75) is 11.3 Å². The number of nitrogens with one attached hydrogen (secondary N) is 1. The van der Waals surface area contributed by atoms with Crippen LogP contribution in [0.1, 0.15) is 16.1 Å². The molecule has 2 aromatic rings. The summed E-state index contributed by atoms with van der Waals surface area (Å²) in [6, 6.07) is 10.7. The topological polar surface area (TPSA) is 86.4 Å². The molecular weight excluding hydrogens is 352 g/mol. The van der Waals surface area contributed by atoms with Gasteiger partial charge in [-0.05, 0) is 30.0 Å². The fourth-order valence-corrected chi connectivity index (χ4v) is 3.22. The molecule has 0 radical (unpaired) electrons. The van der Waals surface area contributed by atoms with E-state index < -0.39 is 0 Å². The number of H-pyrrole nitrogens is 1. The van der Waals surface area contributed by atoms with Crippen molar-refractivity contribution < 1.29 is 9.59 Å². The lowest BCUT2D eigenvalue weighted by Gasteiger charge is -2.34. The van der Waals surface area contributed by atoms with Gasteiger partial charge < -0.3 is 9.80 Å². The van der Waals surface area contributed by atoms with Crippen LogP contribution in [-0.2, 0) is 11.2 Å². The van der Waals surface area contributed by atoms with Crippen LogP contribution in [0.25, 0.3) is 0 Å². The maximum Gasteiger partial charge on any atom is 0.274 e. The smallest absolute Gasteiger partial charge is 0.274 e. The van der Waals surface area contributed by atoms with E-state index in [2.05, 4.69) is 10.2 Å². The summed E-state index contributed by atoms with van der Waals surface area (Å²) in [4.78, 5) is 40.5. The minimum Gasteiger partial charge on any atom is -0.339 e. The monoisotopic (exact) mass is 372 g/mol. The van der Waals surface area contributed by atoms with Gasteiger partial charge in [0.15, 0.2) is 0 Å². The molecule has 2 amide bonds. The fourth-order valence-electron chi connectivity index (χ4n) is 2.81. The number of thioether (sulfide) groups is 1. The van der Waals surface area contributed by atoms with Gasteiger partial charge in [-0.25, -0.2) is 5.10 Å². The molecule has 1 aliphatic heterocycles. The highest BCUT2D eigenvalue weighted by Gasteiger charge is 2.25. The van der Waals surface area contributed by atoms with E-state index >= 15 is 0 Å². The highest BCUT2D eigenvalue weighted by molar-refractivity contribution is 7.98. The number of rotatable bonds is 4. The third-order valence-electron chi connectivity index (χ3n) is 4.33. The second kappa shape index (κ2) is 8.18. The van der Waals surface area contributed by atoms with Crippen LogP contribution >= 0.6 is 11.8 Å². The molecule has 1 aromatic carbocycles. The number of amides is 2. The maximum atomic E-state index is 12.5. The van der Waals surface area contributed by atoms with Crippen molar-refractivity contribution in [1.29, 1.82) is 0 Å². The number of piperazine rings is 1. The zero-order chi connectivity index (χ0) is 18.5. The number of carbonyl (C=O) groups excluding carboxylic acids is 2. The van der Waals surface area contributed by atoms with Crippen molar-refractivity contribution in [1.82, 2.24) is 20.0 Å². The van der Waals surface area contributed by atoms with E-state index in [-0.39, 0.29) is 23.1 Å². The van der Waals surface area contributed by atoms with Crippen LogP contribution in [0.15, 0.2) is 46.1 Å². The Balaban J connectivity index is 1.53. The normalized spacial score (nSPS) is 14.3. The zero-order valence-electron chi connectivity index (χ0n) is 14.5. The summed E-state index contributed by atoms with van der Waals surface area (Å²) in [7, 11) is 0. The third-order valence-corrected chi connectivity index (χ3v) is 5.08. The number of carbonyl (C=O) groups is 2. The van der Waals surface area contributed by atoms with Crippen LogP contribution in [0.2, 0.25) is 0 Å². The number of benzene rings is 1. The predicted molar refractivity (Wildman–Crippen MR) is 99.3 cm³/mol. The summed E-state index contributed by atoms with van der Waals surface area (Å²) in [5.41, 5.74) is 0.851. The summed E-state index contributed by atoms with van der Waals surface area (Å²) in [6.45, 7) is 1.90. The molecule has 0 spiro atoms. The summed E-state index contributed by atoms with van der Waals surface area (Å²) < 4.78 is 0. The van der Waals surface area contributed by atoms with Gasteiger partial charge in [0, 0.05) is 37.1 Å². The molecule has 0 atom stereocenters. The Morgan fingerprint density at radius 2 is 1.69 bits per heavy atom. The van der Waals surface area contributed by atoms with Crippen LogP contribution < -0.4 is 5.56 Å². The molecule has 0 bridgehead atoms. The Hall–Kier alpha value is -2.61. The van der Waals surface area contributed by atoms with Crippen LogP contribution in [-0.4, -0.2) is 64.2 Å².